The quantitative estimate of drug-likeness (QED) is 0.902. The number of rotatable bonds is 3. The summed E-state index contributed by atoms with van der Waals surface area (Å²) in [6.45, 7) is 10.6. The number of imidazole rings is 1. The van der Waals surface area contributed by atoms with Gasteiger partial charge in [0, 0.05) is 12.1 Å². The molecular formula is C16H22F3N3. The molecule has 0 saturated carbocycles. The Hall–Kier alpha value is -1.56. The highest BCUT2D eigenvalue weighted by Crippen LogP contribution is 2.32. The van der Waals surface area contributed by atoms with Gasteiger partial charge >= 0.3 is 6.18 Å². The zero-order valence-electron chi connectivity index (χ0n) is 13.5. The largest absolute Gasteiger partial charge is 0.416 e. The van der Waals surface area contributed by atoms with Crippen molar-refractivity contribution >= 4 is 11.0 Å². The molecule has 0 aliphatic heterocycles. The van der Waals surface area contributed by atoms with Gasteiger partial charge in [-0.15, -0.1) is 0 Å². The van der Waals surface area contributed by atoms with E-state index in [9.17, 15) is 13.2 Å². The molecule has 1 aromatic carbocycles. The van der Waals surface area contributed by atoms with Crippen LogP contribution in [0.1, 0.15) is 52.0 Å². The molecule has 0 saturated heterocycles. The highest BCUT2D eigenvalue weighted by molar-refractivity contribution is 5.77. The van der Waals surface area contributed by atoms with Crippen LogP contribution in [0.15, 0.2) is 18.2 Å². The lowest BCUT2D eigenvalue weighted by Gasteiger charge is -2.26. The van der Waals surface area contributed by atoms with Crippen LogP contribution in [0.25, 0.3) is 11.0 Å². The molecule has 2 aromatic rings. The lowest BCUT2D eigenvalue weighted by molar-refractivity contribution is -0.137. The van der Waals surface area contributed by atoms with Gasteiger partial charge in [0.2, 0.25) is 0 Å². The topological polar surface area (TPSA) is 29.9 Å². The van der Waals surface area contributed by atoms with Crippen molar-refractivity contribution in [1.82, 2.24) is 14.9 Å². The number of aryl methyl sites for hydroxylation is 1. The van der Waals surface area contributed by atoms with Gasteiger partial charge in [-0.25, -0.2) is 4.98 Å². The molecule has 0 radical (unpaired) electrons. The summed E-state index contributed by atoms with van der Waals surface area (Å²) >= 11 is 0. The first-order valence-electron chi connectivity index (χ1n) is 7.38. The zero-order valence-corrected chi connectivity index (χ0v) is 13.5. The maximum atomic E-state index is 12.9. The fourth-order valence-corrected chi connectivity index (χ4v) is 2.69. The summed E-state index contributed by atoms with van der Waals surface area (Å²) in [5, 5.41) is 3.41. The fourth-order valence-electron chi connectivity index (χ4n) is 2.69. The van der Waals surface area contributed by atoms with Gasteiger partial charge < -0.3 is 9.88 Å². The molecule has 2 rings (SSSR count). The number of hydrogen-bond acceptors (Lipinski definition) is 2. The number of benzene rings is 1. The second-order valence-electron chi connectivity index (χ2n) is 6.53. The minimum atomic E-state index is -4.34. The van der Waals surface area contributed by atoms with E-state index in [4.69, 9.17) is 0 Å². The maximum Gasteiger partial charge on any atom is 0.416 e. The molecule has 0 amide bonds. The average molecular weight is 313 g/mol. The monoisotopic (exact) mass is 313 g/mol. The predicted octanol–water partition coefficient (Wildman–Crippen LogP) is 4.52. The normalized spacial score (nSPS) is 14.5. The average Bonchev–Trinajstić information content (AvgIpc) is 2.73. The zero-order chi connectivity index (χ0) is 16.7. The van der Waals surface area contributed by atoms with Gasteiger partial charge in [-0.05, 0) is 52.8 Å². The van der Waals surface area contributed by atoms with Crippen molar-refractivity contribution in [2.24, 2.45) is 0 Å². The molecule has 6 heteroatoms. The molecule has 0 aliphatic rings. The second-order valence-corrected chi connectivity index (χ2v) is 6.53. The number of hydrogen-bond donors (Lipinski definition) is 1. The van der Waals surface area contributed by atoms with Crippen LogP contribution in [0, 0.1) is 0 Å². The van der Waals surface area contributed by atoms with Crippen molar-refractivity contribution in [3.8, 4) is 0 Å². The molecule has 0 fully saturated rings. The van der Waals surface area contributed by atoms with Crippen LogP contribution in [0.5, 0.6) is 0 Å². The lowest BCUT2D eigenvalue weighted by Crippen LogP contribution is -2.38. The Bertz CT molecular complexity index is 666. The molecule has 0 bridgehead atoms. The summed E-state index contributed by atoms with van der Waals surface area (Å²) in [6, 6.07) is 3.65. The summed E-state index contributed by atoms with van der Waals surface area (Å²) in [4.78, 5) is 4.52. The molecule has 1 aromatic heterocycles. The number of fused-ring (bicyclic) bond motifs is 1. The van der Waals surface area contributed by atoms with Crippen LogP contribution in [-0.2, 0) is 12.7 Å². The van der Waals surface area contributed by atoms with Crippen LogP contribution in [0.3, 0.4) is 0 Å². The first-order chi connectivity index (χ1) is 10.0. The van der Waals surface area contributed by atoms with Crippen LogP contribution in [0.4, 0.5) is 13.2 Å². The standard InChI is InChI=1S/C16H22F3N3/c1-6-22-13-9-11(16(17,18)19)7-8-12(13)20-14(22)10(2)21-15(3,4)5/h7-10,21H,6H2,1-5H3/t10-/m1/s1. The van der Waals surface area contributed by atoms with Gasteiger partial charge in [0.1, 0.15) is 5.82 Å². The summed E-state index contributed by atoms with van der Waals surface area (Å²) < 4.78 is 40.5. The maximum absolute atomic E-state index is 12.9. The van der Waals surface area contributed by atoms with Crippen molar-refractivity contribution in [1.29, 1.82) is 0 Å². The predicted molar refractivity (Wildman–Crippen MR) is 81.7 cm³/mol. The number of aromatic nitrogens is 2. The van der Waals surface area contributed by atoms with E-state index in [1.54, 1.807) is 0 Å². The first kappa shape index (κ1) is 16.8. The molecule has 0 spiro atoms. The minimum absolute atomic E-state index is 0.0540. The molecule has 1 atom stereocenters. The van der Waals surface area contributed by atoms with E-state index in [1.807, 2.05) is 39.2 Å². The van der Waals surface area contributed by atoms with Crippen molar-refractivity contribution in [3.05, 3.63) is 29.6 Å². The summed E-state index contributed by atoms with van der Waals surface area (Å²) in [6.07, 6.45) is -4.34. The van der Waals surface area contributed by atoms with Crippen LogP contribution in [-0.4, -0.2) is 15.1 Å². The summed E-state index contributed by atoms with van der Waals surface area (Å²) in [7, 11) is 0. The van der Waals surface area contributed by atoms with Crippen LogP contribution < -0.4 is 5.32 Å². The van der Waals surface area contributed by atoms with Gasteiger partial charge in [0.25, 0.3) is 0 Å². The summed E-state index contributed by atoms with van der Waals surface area (Å²) in [5.41, 5.74) is 0.368. The fraction of sp³-hybridized carbons (Fsp3) is 0.562. The summed E-state index contributed by atoms with van der Waals surface area (Å²) in [5.74, 6) is 0.756. The SMILES string of the molecule is CCn1c([C@@H](C)NC(C)(C)C)nc2ccc(C(F)(F)F)cc21. The van der Waals surface area contributed by atoms with Crippen LogP contribution >= 0.6 is 0 Å². The molecule has 122 valence electrons. The third-order valence-corrected chi connectivity index (χ3v) is 3.46. The van der Waals surface area contributed by atoms with Crippen molar-refractivity contribution in [2.45, 2.75) is 58.9 Å². The van der Waals surface area contributed by atoms with E-state index in [-0.39, 0.29) is 11.6 Å². The Labute approximate surface area is 128 Å². The Morgan fingerprint density at radius 3 is 2.36 bits per heavy atom. The molecule has 3 nitrogen and oxygen atoms in total. The van der Waals surface area contributed by atoms with Crippen LogP contribution in [0.2, 0.25) is 0 Å². The number of halogens is 3. The highest BCUT2D eigenvalue weighted by Gasteiger charge is 2.31. The van der Waals surface area contributed by atoms with Crippen molar-refractivity contribution in [2.75, 3.05) is 0 Å². The van der Waals surface area contributed by atoms with Gasteiger partial charge in [-0.1, -0.05) is 0 Å². The number of nitrogens with zero attached hydrogens (tertiary/aromatic N) is 2. The highest BCUT2D eigenvalue weighted by atomic mass is 19.4. The minimum Gasteiger partial charge on any atom is -0.327 e. The third kappa shape index (κ3) is 3.43. The van der Waals surface area contributed by atoms with E-state index in [2.05, 4.69) is 10.3 Å². The Balaban J connectivity index is 2.53. The number of alkyl halides is 3. The van der Waals surface area contributed by atoms with Gasteiger partial charge in [0.05, 0.1) is 22.6 Å². The van der Waals surface area contributed by atoms with Gasteiger partial charge in [0.15, 0.2) is 0 Å². The Morgan fingerprint density at radius 2 is 1.86 bits per heavy atom. The van der Waals surface area contributed by atoms with E-state index in [1.165, 1.54) is 12.1 Å². The van der Waals surface area contributed by atoms with Crippen molar-refractivity contribution < 1.29 is 13.2 Å². The molecular weight excluding hydrogens is 291 g/mol. The van der Waals surface area contributed by atoms with E-state index in [0.717, 1.165) is 11.9 Å². The van der Waals surface area contributed by atoms with Gasteiger partial charge in [-0.3, -0.25) is 0 Å². The third-order valence-electron chi connectivity index (χ3n) is 3.46. The van der Waals surface area contributed by atoms with E-state index >= 15 is 0 Å². The number of nitrogens with one attached hydrogen (secondary N) is 1. The molecule has 0 aliphatic carbocycles. The van der Waals surface area contributed by atoms with Crippen molar-refractivity contribution in [3.63, 3.8) is 0 Å². The molecule has 0 unspecified atom stereocenters. The smallest absolute Gasteiger partial charge is 0.327 e. The molecule has 1 heterocycles. The Morgan fingerprint density at radius 1 is 1.23 bits per heavy atom. The Kier molecular flexibility index (Phi) is 4.26. The molecule has 1 N–H and O–H groups in total. The van der Waals surface area contributed by atoms with E-state index in [0.29, 0.717) is 17.6 Å². The van der Waals surface area contributed by atoms with Gasteiger partial charge in [-0.2, -0.15) is 13.2 Å². The second kappa shape index (κ2) is 5.57. The lowest BCUT2D eigenvalue weighted by atomic mass is 10.1. The van der Waals surface area contributed by atoms with E-state index < -0.39 is 11.7 Å². The molecule has 22 heavy (non-hydrogen) atoms. The first-order valence-corrected chi connectivity index (χ1v) is 7.38.